The van der Waals surface area contributed by atoms with Gasteiger partial charge in [0, 0.05) is 32.7 Å². The number of ether oxygens (including phenoxy) is 1. The Morgan fingerprint density at radius 1 is 1.15 bits per heavy atom. The first-order valence-corrected chi connectivity index (χ1v) is 8.25. The first-order valence-electron chi connectivity index (χ1n) is 8.25. The molecule has 0 spiro atoms. The molecule has 1 amide bonds. The fourth-order valence-electron chi connectivity index (χ4n) is 2.92. The van der Waals surface area contributed by atoms with E-state index in [1.165, 1.54) is 32.1 Å². The van der Waals surface area contributed by atoms with E-state index in [9.17, 15) is 4.79 Å². The lowest BCUT2D eigenvalue weighted by molar-refractivity contribution is -0.126. The molecule has 20 heavy (non-hydrogen) atoms. The Labute approximate surface area is 124 Å². The molecular weight excluding hydrogens is 252 g/mol. The highest BCUT2D eigenvalue weighted by Gasteiger charge is 2.25. The molecule has 0 saturated heterocycles. The van der Waals surface area contributed by atoms with Crippen molar-refractivity contribution in [3.8, 4) is 0 Å². The Bertz CT molecular complexity index is 251. The van der Waals surface area contributed by atoms with E-state index in [2.05, 4.69) is 17.6 Å². The van der Waals surface area contributed by atoms with Crippen molar-refractivity contribution in [3.63, 3.8) is 0 Å². The lowest BCUT2D eigenvalue weighted by atomic mass is 9.79. The fraction of sp³-hybridized carbons (Fsp3) is 0.938. The first-order chi connectivity index (χ1) is 9.77. The molecule has 118 valence electrons. The molecule has 0 heterocycles. The molecule has 1 rings (SSSR count). The van der Waals surface area contributed by atoms with E-state index in [4.69, 9.17) is 4.74 Å². The van der Waals surface area contributed by atoms with Gasteiger partial charge in [0.1, 0.15) is 0 Å². The molecule has 4 nitrogen and oxygen atoms in total. The van der Waals surface area contributed by atoms with Gasteiger partial charge in [-0.1, -0.05) is 26.2 Å². The largest absolute Gasteiger partial charge is 0.383 e. The van der Waals surface area contributed by atoms with Gasteiger partial charge in [0.2, 0.25) is 5.91 Å². The van der Waals surface area contributed by atoms with Crippen LogP contribution in [-0.4, -0.2) is 39.3 Å². The minimum Gasteiger partial charge on any atom is -0.383 e. The maximum absolute atomic E-state index is 12.0. The summed E-state index contributed by atoms with van der Waals surface area (Å²) >= 11 is 0. The number of methoxy groups -OCH3 is 1. The highest BCUT2D eigenvalue weighted by molar-refractivity contribution is 5.78. The van der Waals surface area contributed by atoms with E-state index in [0.29, 0.717) is 0 Å². The van der Waals surface area contributed by atoms with Crippen molar-refractivity contribution in [1.29, 1.82) is 0 Å². The third kappa shape index (κ3) is 7.25. The molecular formula is C16H32N2O2. The predicted molar refractivity (Wildman–Crippen MR) is 82.7 cm³/mol. The zero-order valence-corrected chi connectivity index (χ0v) is 13.2. The fourth-order valence-corrected chi connectivity index (χ4v) is 2.92. The lowest BCUT2D eigenvalue weighted by Crippen LogP contribution is -2.37. The van der Waals surface area contributed by atoms with Gasteiger partial charge in [-0.05, 0) is 31.6 Å². The van der Waals surface area contributed by atoms with Gasteiger partial charge < -0.3 is 15.4 Å². The number of unbranched alkanes of at least 4 members (excludes halogenated alkanes) is 1. The number of carbonyl (C=O) groups is 1. The topological polar surface area (TPSA) is 50.4 Å². The van der Waals surface area contributed by atoms with Crippen LogP contribution in [0.1, 0.15) is 51.9 Å². The molecule has 0 bridgehead atoms. The predicted octanol–water partition coefficient (Wildman–Crippen LogP) is 2.34. The van der Waals surface area contributed by atoms with Crippen molar-refractivity contribution in [2.24, 2.45) is 11.8 Å². The summed E-state index contributed by atoms with van der Waals surface area (Å²) in [5.74, 6) is 1.38. The van der Waals surface area contributed by atoms with Gasteiger partial charge in [-0.2, -0.15) is 0 Å². The number of hydrogen-bond donors (Lipinski definition) is 2. The SMILES string of the molecule is CCCCC1CCC(C(=O)NCCNCCOC)CC1. The van der Waals surface area contributed by atoms with E-state index in [1.807, 2.05) is 0 Å². The van der Waals surface area contributed by atoms with E-state index in [0.717, 1.165) is 45.0 Å². The van der Waals surface area contributed by atoms with Crippen molar-refractivity contribution in [2.45, 2.75) is 51.9 Å². The Morgan fingerprint density at radius 2 is 1.90 bits per heavy atom. The van der Waals surface area contributed by atoms with Gasteiger partial charge in [0.05, 0.1) is 6.61 Å². The van der Waals surface area contributed by atoms with Crippen LogP contribution in [-0.2, 0) is 9.53 Å². The maximum atomic E-state index is 12.0. The van der Waals surface area contributed by atoms with Gasteiger partial charge >= 0.3 is 0 Å². The van der Waals surface area contributed by atoms with Crippen molar-refractivity contribution in [1.82, 2.24) is 10.6 Å². The van der Waals surface area contributed by atoms with Crippen molar-refractivity contribution in [2.75, 3.05) is 33.4 Å². The highest BCUT2D eigenvalue weighted by atomic mass is 16.5. The second-order valence-corrected chi connectivity index (χ2v) is 5.89. The molecule has 0 aromatic rings. The van der Waals surface area contributed by atoms with Crippen LogP contribution in [0.15, 0.2) is 0 Å². The van der Waals surface area contributed by atoms with Crippen LogP contribution in [0.25, 0.3) is 0 Å². The molecule has 0 radical (unpaired) electrons. The smallest absolute Gasteiger partial charge is 0.223 e. The molecule has 2 N–H and O–H groups in total. The lowest BCUT2D eigenvalue weighted by Gasteiger charge is -2.27. The summed E-state index contributed by atoms with van der Waals surface area (Å²) in [4.78, 5) is 12.0. The maximum Gasteiger partial charge on any atom is 0.223 e. The monoisotopic (exact) mass is 284 g/mol. The van der Waals surface area contributed by atoms with Crippen LogP contribution in [0.5, 0.6) is 0 Å². The van der Waals surface area contributed by atoms with E-state index < -0.39 is 0 Å². The third-order valence-electron chi connectivity index (χ3n) is 4.27. The molecule has 0 aromatic carbocycles. The highest BCUT2D eigenvalue weighted by Crippen LogP contribution is 2.31. The Balaban J connectivity index is 2.04. The van der Waals surface area contributed by atoms with Crippen molar-refractivity contribution in [3.05, 3.63) is 0 Å². The molecule has 4 heteroatoms. The zero-order chi connectivity index (χ0) is 14.6. The van der Waals surface area contributed by atoms with E-state index in [-0.39, 0.29) is 11.8 Å². The molecule has 1 fully saturated rings. The summed E-state index contributed by atoms with van der Waals surface area (Å²) in [6.45, 7) is 5.35. The number of carbonyl (C=O) groups excluding carboxylic acids is 1. The molecule has 0 unspecified atom stereocenters. The summed E-state index contributed by atoms with van der Waals surface area (Å²) in [5, 5.41) is 6.28. The molecule has 0 aromatic heterocycles. The minimum atomic E-state index is 0.256. The van der Waals surface area contributed by atoms with Gasteiger partial charge in [0.25, 0.3) is 0 Å². The van der Waals surface area contributed by atoms with Crippen LogP contribution in [0, 0.1) is 11.8 Å². The standard InChI is InChI=1S/C16H32N2O2/c1-3-4-5-14-6-8-15(9-7-14)16(19)18-11-10-17-12-13-20-2/h14-15,17H,3-13H2,1-2H3,(H,18,19). The van der Waals surface area contributed by atoms with Gasteiger partial charge in [-0.3, -0.25) is 4.79 Å². The summed E-state index contributed by atoms with van der Waals surface area (Å²) in [6, 6.07) is 0. The van der Waals surface area contributed by atoms with E-state index >= 15 is 0 Å². The summed E-state index contributed by atoms with van der Waals surface area (Å²) in [7, 11) is 1.69. The Kier molecular flexibility index (Phi) is 9.67. The molecule has 1 saturated carbocycles. The summed E-state index contributed by atoms with van der Waals surface area (Å²) in [5.41, 5.74) is 0. The number of hydrogen-bond acceptors (Lipinski definition) is 3. The normalized spacial score (nSPS) is 22.7. The summed E-state index contributed by atoms with van der Waals surface area (Å²) in [6.07, 6.45) is 8.63. The van der Waals surface area contributed by atoms with Crippen LogP contribution in [0.2, 0.25) is 0 Å². The van der Waals surface area contributed by atoms with Gasteiger partial charge in [0.15, 0.2) is 0 Å². The molecule has 1 aliphatic rings. The van der Waals surface area contributed by atoms with Crippen LogP contribution in [0.3, 0.4) is 0 Å². The zero-order valence-electron chi connectivity index (χ0n) is 13.2. The second kappa shape index (κ2) is 11.1. The van der Waals surface area contributed by atoms with Gasteiger partial charge in [-0.25, -0.2) is 0 Å². The molecule has 0 atom stereocenters. The van der Waals surface area contributed by atoms with Crippen LogP contribution < -0.4 is 10.6 Å². The Morgan fingerprint density at radius 3 is 2.55 bits per heavy atom. The van der Waals surface area contributed by atoms with Crippen LogP contribution in [0.4, 0.5) is 0 Å². The van der Waals surface area contributed by atoms with Gasteiger partial charge in [-0.15, -0.1) is 0 Å². The number of amides is 1. The van der Waals surface area contributed by atoms with Crippen molar-refractivity contribution >= 4 is 5.91 Å². The quantitative estimate of drug-likeness (QED) is 0.605. The van der Waals surface area contributed by atoms with Crippen molar-refractivity contribution < 1.29 is 9.53 Å². The molecule has 0 aliphatic heterocycles. The minimum absolute atomic E-state index is 0.256. The van der Waals surface area contributed by atoms with E-state index in [1.54, 1.807) is 7.11 Å². The average molecular weight is 284 g/mol. The third-order valence-corrected chi connectivity index (χ3v) is 4.27. The summed E-state index contributed by atoms with van der Waals surface area (Å²) < 4.78 is 4.95. The number of rotatable bonds is 10. The molecule has 1 aliphatic carbocycles. The Hall–Kier alpha value is -0.610. The number of nitrogens with one attached hydrogen (secondary N) is 2. The first kappa shape index (κ1) is 17.4. The second-order valence-electron chi connectivity index (χ2n) is 5.89. The average Bonchev–Trinajstić information content (AvgIpc) is 2.49. The van der Waals surface area contributed by atoms with Crippen LogP contribution >= 0.6 is 0 Å².